The van der Waals surface area contributed by atoms with E-state index in [4.69, 9.17) is 11.6 Å². The summed E-state index contributed by atoms with van der Waals surface area (Å²) in [6.45, 7) is 0. The van der Waals surface area contributed by atoms with Crippen molar-refractivity contribution in [2.45, 2.75) is 4.90 Å². The molecule has 1 aromatic heterocycles. The van der Waals surface area contributed by atoms with Crippen molar-refractivity contribution in [1.29, 1.82) is 0 Å². The summed E-state index contributed by atoms with van der Waals surface area (Å²) >= 11 is 11.1. The number of benzene rings is 1. The van der Waals surface area contributed by atoms with Gasteiger partial charge in [-0.05, 0) is 46.5 Å². The number of hydrogen-bond acceptors (Lipinski definition) is 3. The average molecular weight is 330 g/mol. The van der Waals surface area contributed by atoms with Crippen LogP contribution in [0.3, 0.4) is 0 Å². The van der Waals surface area contributed by atoms with Crippen LogP contribution in [-0.2, 0) is 0 Å². The first-order valence-corrected chi connectivity index (χ1v) is 7.31. The van der Waals surface area contributed by atoms with Crippen LogP contribution in [-0.4, -0.2) is 11.2 Å². The maximum Gasteiger partial charge on any atom is 0.149 e. The van der Waals surface area contributed by atoms with Crippen LogP contribution in [0.1, 0.15) is 0 Å². The number of halogens is 2. The summed E-state index contributed by atoms with van der Waals surface area (Å²) in [5, 5.41) is 3.79. The summed E-state index contributed by atoms with van der Waals surface area (Å²) in [4.78, 5) is 5.43. The van der Waals surface area contributed by atoms with Crippen molar-refractivity contribution in [3.8, 4) is 0 Å². The minimum absolute atomic E-state index is 0.592. The molecule has 2 nitrogen and oxygen atoms in total. The van der Waals surface area contributed by atoms with E-state index in [0.29, 0.717) is 10.8 Å². The zero-order chi connectivity index (χ0) is 12.3. The van der Waals surface area contributed by atoms with Crippen LogP contribution in [0.5, 0.6) is 0 Å². The van der Waals surface area contributed by atoms with E-state index in [9.17, 15) is 0 Å². The van der Waals surface area contributed by atoms with Gasteiger partial charge in [-0.25, -0.2) is 4.98 Å². The maximum atomic E-state index is 6.09. The maximum absolute atomic E-state index is 6.09. The van der Waals surface area contributed by atoms with Crippen molar-refractivity contribution in [3.05, 3.63) is 46.0 Å². The monoisotopic (exact) mass is 328 g/mol. The molecule has 2 aromatic rings. The fourth-order valence-corrected chi connectivity index (χ4v) is 2.48. The molecule has 0 saturated carbocycles. The molecule has 5 heteroatoms. The normalized spacial score (nSPS) is 10.3. The number of hydrogen-bond donors (Lipinski definition) is 1. The van der Waals surface area contributed by atoms with Gasteiger partial charge in [0, 0.05) is 21.3 Å². The highest BCUT2D eigenvalue weighted by Crippen LogP contribution is 2.27. The van der Waals surface area contributed by atoms with Gasteiger partial charge in [0.15, 0.2) is 0 Å². The van der Waals surface area contributed by atoms with Crippen molar-refractivity contribution in [2.75, 3.05) is 11.6 Å². The Balaban J connectivity index is 2.25. The van der Waals surface area contributed by atoms with Gasteiger partial charge >= 0.3 is 0 Å². The SMILES string of the molecule is CSc1cccc(Nc2ncc(Br)cc2Cl)c1. The third-order valence-electron chi connectivity index (χ3n) is 2.14. The number of anilines is 2. The minimum Gasteiger partial charge on any atom is -0.339 e. The van der Waals surface area contributed by atoms with E-state index in [0.717, 1.165) is 10.2 Å². The first-order valence-electron chi connectivity index (χ1n) is 4.91. The van der Waals surface area contributed by atoms with Gasteiger partial charge in [0.25, 0.3) is 0 Å². The second kappa shape index (κ2) is 5.76. The van der Waals surface area contributed by atoms with Gasteiger partial charge in [0.1, 0.15) is 5.82 Å². The first kappa shape index (κ1) is 12.7. The van der Waals surface area contributed by atoms with E-state index in [1.54, 1.807) is 18.0 Å². The summed E-state index contributed by atoms with van der Waals surface area (Å²) in [7, 11) is 0. The first-order chi connectivity index (χ1) is 8.19. The molecule has 0 spiro atoms. The topological polar surface area (TPSA) is 24.9 Å². The highest BCUT2D eigenvalue weighted by Gasteiger charge is 2.03. The summed E-state index contributed by atoms with van der Waals surface area (Å²) < 4.78 is 0.867. The molecule has 0 saturated heterocycles. The van der Waals surface area contributed by atoms with Crippen molar-refractivity contribution in [2.24, 2.45) is 0 Å². The lowest BCUT2D eigenvalue weighted by atomic mass is 10.3. The Bertz CT molecular complexity index is 534. The minimum atomic E-state index is 0.592. The Morgan fingerprint density at radius 3 is 2.88 bits per heavy atom. The highest BCUT2D eigenvalue weighted by atomic mass is 79.9. The molecule has 0 aliphatic rings. The lowest BCUT2D eigenvalue weighted by Crippen LogP contribution is -1.94. The predicted octanol–water partition coefficient (Wildman–Crippen LogP) is 4.96. The van der Waals surface area contributed by atoms with Crippen LogP contribution < -0.4 is 5.32 Å². The fourth-order valence-electron chi connectivity index (χ4n) is 1.34. The molecule has 0 atom stereocenters. The third-order valence-corrected chi connectivity index (χ3v) is 3.59. The van der Waals surface area contributed by atoms with Gasteiger partial charge in [-0.2, -0.15) is 0 Å². The summed E-state index contributed by atoms with van der Waals surface area (Å²) in [5.74, 6) is 0.660. The Labute approximate surface area is 118 Å². The standard InChI is InChI=1S/C12H10BrClN2S/c1-17-10-4-2-3-9(6-10)16-12-11(14)5-8(13)7-15-12/h2-7H,1H3,(H,15,16). The van der Waals surface area contributed by atoms with Gasteiger partial charge in [-0.15, -0.1) is 11.8 Å². The second-order valence-electron chi connectivity index (χ2n) is 3.34. The Hall–Kier alpha value is -0.710. The third kappa shape index (κ3) is 3.37. The molecule has 0 aliphatic heterocycles. The van der Waals surface area contributed by atoms with Crippen LogP contribution in [0.15, 0.2) is 45.9 Å². The Kier molecular flexibility index (Phi) is 4.31. The summed E-state index contributed by atoms with van der Waals surface area (Å²) in [6.07, 6.45) is 3.76. The van der Waals surface area contributed by atoms with Gasteiger partial charge < -0.3 is 5.32 Å². The molecule has 0 aliphatic carbocycles. The summed E-state index contributed by atoms with van der Waals surface area (Å²) in [5.41, 5.74) is 0.980. The van der Waals surface area contributed by atoms with Crippen LogP contribution >= 0.6 is 39.3 Å². The van der Waals surface area contributed by atoms with E-state index in [1.807, 2.05) is 24.5 Å². The molecule has 2 rings (SSSR count). The van der Waals surface area contributed by atoms with Gasteiger partial charge in [-0.1, -0.05) is 17.7 Å². The number of rotatable bonds is 3. The molecule has 0 radical (unpaired) electrons. The van der Waals surface area contributed by atoms with E-state index in [2.05, 4.69) is 38.4 Å². The number of pyridine rings is 1. The Morgan fingerprint density at radius 1 is 1.35 bits per heavy atom. The molecular formula is C12H10BrClN2S. The van der Waals surface area contributed by atoms with Crippen molar-refractivity contribution in [3.63, 3.8) is 0 Å². The van der Waals surface area contributed by atoms with Crippen molar-refractivity contribution < 1.29 is 0 Å². The predicted molar refractivity (Wildman–Crippen MR) is 78.5 cm³/mol. The molecule has 1 N–H and O–H groups in total. The Morgan fingerprint density at radius 2 is 2.18 bits per heavy atom. The number of thioether (sulfide) groups is 1. The molecule has 1 heterocycles. The molecule has 17 heavy (non-hydrogen) atoms. The lowest BCUT2D eigenvalue weighted by molar-refractivity contribution is 1.29. The molecule has 0 bridgehead atoms. The van der Waals surface area contributed by atoms with E-state index in [-0.39, 0.29) is 0 Å². The molecule has 0 fully saturated rings. The van der Waals surface area contributed by atoms with Gasteiger partial charge in [0.2, 0.25) is 0 Å². The van der Waals surface area contributed by atoms with Crippen LogP contribution in [0.2, 0.25) is 5.02 Å². The van der Waals surface area contributed by atoms with Crippen molar-refractivity contribution in [1.82, 2.24) is 4.98 Å². The van der Waals surface area contributed by atoms with Gasteiger partial charge in [0.05, 0.1) is 5.02 Å². The summed E-state index contributed by atoms with van der Waals surface area (Å²) in [6, 6.07) is 9.92. The van der Waals surface area contributed by atoms with E-state index in [1.165, 1.54) is 4.90 Å². The quantitative estimate of drug-likeness (QED) is 0.805. The zero-order valence-corrected chi connectivity index (χ0v) is 12.2. The molecule has 88 valence electrons. The molecule has 0 amide bonds. The van der Waals surface area contributed by atoms with Crippen LogP contribution in [0.4, 0.5) is 11.5 Å². The molecule has 0 unspecified atom stereocenters. The smallest absolute Gasteiger partial charge is 0.149 e. The largest absolute Gasteiger partial charge is 0.339 e. The van der Waals surface area contributed by atoms with Crippen LogP contribution in [0.25, 0.3) is 0 Å². The highest BCUT2D eigenvalue weighted by molar-refractivity contribution is 9.10. The number of nitrogens with one attached hydrogen (secondary N) is 1. The van der Waals surface area contributed by atoms with E-state index >= 15 is 0 Å². The molecule has 1 aromatic carbocycles. The second-order valence-corrected chi connectivity index (χ2v) is 5.54. The number of aromatic nitrogens is 1. The fraction of sp³-hybridized carbons (Fsp3) is 0.0833. The van der Waals surface area contributed by atoms with E-state index < -0.39 is 0 Å². The van der Waals surface area contributed by atoms with Crippen molar-refractivity contribution >= 4 is 50.8 Å². The lowest BCUT2D eigenvalue weighted by Gasteiger charge is -2.08. The van der Waals surface area contributed by atoms with Gasteiger partial charge in [-0.3, -0.25) is 0 Å². The number of nitrogens with zero attached hydrogens (tertiary/aromatic N) is 1. The molecular weight excluding hydrogens is 320 g/mol. The average Bonchev–Trinajstić information content (AvgIpc) is 2.33. The zero-order valence-electron chi connectivity index (χ0n) is 9.08. The van der Waals surface area contributed by atoms with Crippen LogP contribution in [0, 0.1) is 0 Å².